The molecule has 88 valence electrons. The lowest BCUT2D eigenvalue weighted by molar-refractivity contribution is 0.415. The van der Waals surface area contributed by atoms with Gasteiger partial charge in [0.05, 0.1) is 12.1 Å². The van der Waals surface area contributed by atoms with E-state index < -0.39 is 0 Å². The number of hydrogen-bond donors (Lipinski definition) is 1. The maximum atomic E-state index is 9.54. The Hall–Kier alpha value is -1.19. The van der Waals surface area contributed by atoms with Crippen molar-refractivity contribution in [2.45, 2.75) is 0 Å². The van der Waals surface area contributed by atoms with Crippen LogP contribution in [-0.2, 0) is 0 Å². The van der Waals surface area contributed by atoms with Crippen LogP contribution in [0.3, 0.4) is 0 Å². The number of hydrogen-bond acceptors (Lipinski definition) is 2. The number of benzene rings is 2. The molecule has 0 aliphatic carbocycles. The number of phenols is 1. The highest BCUT2D eigenvalue weighted by Crippen LogP contribution is 2.33. The van der Waals surface area contributed by atoms with Crippen LogP contribution in [0.4, 0.5) is 0 Å². The van der Waals surface area contributed by atoms with E-state index in [1.165, 1.54) is 0 Å². The first-order valence-corrected chi connectivity index (χ1v) is 6.10. The minimum atomic E-state index is 0.210. The minimum absolute atomic E-state index is 0.210. The van der Waals surface area contributed by atoms with E-state index in [-0.39, 0.29) is 5.75 Å². The monoisotopic (exact) mass is 312 g/mol. The summed E-state index contributed by atoms with van der Waals surface area (Å²) in [5.41, 5.74) is 1.81. The van der Waals surface area contributed by atoms with E-state index in [1.807, 2.05) is 18.2 Å². The lowest BCUT2D eigenvalue weighted by atomic mass is 10.1. The van der Waals surface area contributed by atoms with Gasteiger partial charge < -0.3 is 9.84 Å². The summed E-state index contributed by atoms with van der Waals surface area (Å²) in [6, 6.07) is 10.7. The maximum absolute atomic E-state index is 9.54. The topological polar surface area (TPSA) is 29.5 Å². The number of rotatable bonds is 2. The summed E-state index contributed by atoms with van der Waals surface area (Å²) in [4.78, 5) is 0. The molecule has 0 radical (unpaired) electrons. The van der Waals surface area contributed by atoms with Crippen LogP contribution in [-0.4, -0.2) is 12.2 Å². The number of ether oxygens (including phenoxy) is 1. The van der Waals surface area contributed by atoms with Gasteiger partial charge in [-0.15, -0.1) is 0 Å². The average Bonchev–Trinajstić information content (AvgIpc) is 2.27. The fourth-order valence-corrected chi connectivity index (χ4v) is 2.33. The maximum Gasteiger partial charge on any atom is 0.137 e. The zero-order valence-corrected chi connectivity index (χ0v) is 11.4. The van der Waals surface area contributed by atoms with Gasteiger partial charge in [-0.1, -0.05) is 33.6 Å². The van der Waals surface area contributed by atoms with E-state index in [0.29, 0.717) is 10.8 Å². The molecule has 0 saturated carbocycles. The first kappa shape index (κ1) is 12.3. The van der Waals surface area contributed by atoms with E-state index in [9.17, 15) is 5.11 Å². The summed E-state index contributed by atoms with van der Waals surface area (Å²) in [5, 5.41) is 10.1. The van der Waals surface area contributed by atoms with E-state index in [2.05, 4.69) is 15.9 Å². The van der Waals surface area contributed by atoms with Crippen LogP contribution < -0.4 is 4.74 Å². The van der Waals surface area contributed by atoms with Crippen LogP contribution >= 0.6 is 27.5 Å². The van der Waals surface area contributed by atoms with Crippen LogP contribution in [0.1, 0.15) is 0 Å². The Morgan fingerprint density at radius 3 is 2.47 bits per heavy atom. The van der Waals surface area contributed by atoms with Gasteiger partial charge in [-0.05, 0) is 41.5 Å². The van der Waals surface area contributed by atoms with Crippen molar-refractivity contribution in [2.24, 2.45) is 0 Å². The van der Waals surface area contributed by atoms with E-state index in [4.69, 9.17) is 16.3 Å². The summed E-state index contributed by atoms with van der Waals surface area (Å²) in [6.07, 6.45) is 0. The molecular weight excluding hydrogens is 303 g/mol. The fourth-order valence-electron chi connectivity index (χ4n) is 1.59. The molecule has 1 N–H and O–H groups in total. The molecule has 0 heterocycles. The lowest BCUT2D eigenvalue weighted by Crippen LogP contribution is -1.85. The highest BCUT2D eigenvalue weighted by molar-refractivity contribution is 9.10. The molecular formula is C13H10BrClO2. The summed E-state index contributed by atoms with van der Waals surface area (Å²) in [5.74, 6) is 0.843. The largest absolute Gasteiger partial charge is 0.508 e. The van der Waals surface area contributed by atoms with Crippen molar-refractivity contribution < 1.29 is 9.84 Å². The highest BCUT2D eigenvalue weighted by Gasteiger charge is 2.05. The molecule has 2 aromatic carbocycles. The Balaban J connectivity index is 2.49. The van der Waals surface area contributed by atoms with Gasteiger partial charge in [-0.25, -0.2) is 0 Å². The van der Waals surface area contributed by atoms with Crippen LogP contribution in [0.15, 0.2) is 40.9 Å². The van der Waals surface area contributed by atoms with Crippen molar-refractivity contribution in [1.82, 2.24) is 0 Å². The van der Waals surface area contributed by atoms with Gasteiger partial charge >= 0.3 is 0 Å². The second-order valence-electron chi connectivity index (χ2n) is 3.55. The first-order chi connectivity index (χ1) is 8.10. The van der Waals surface area contributed by atoms with Crippen LogP contribution in [0.5, 0.6) is 11.5 Å². The summed E-state index contributed by atoms with van der Waals surface area (Å²) in [7, 11) is 1.58. The Kier molecular flexibility index (Phi) is 3.60. The molecule has 17 heavy (non-hydrogen) atoms. The van der Waals surface area contributed by atoms with Crippen LogP contribution in [0.2, 0.25) is 5.02 Å². The van der Waals surface area contributed by atoms with Crippen molar-refractivity contribution in [1.29, 1.82) is 0 Å². The molecule has 0 aliphatic rings. The molecule has 0 unspecified atom stereocenters. The van der Waals surface area contributed by atoms with Gasteiger partial charge in [-0.2, -0.15) is 0 Å². The molecule has 4 heteroatoms. The smallest absolute Gasteiger partial charge is 0.137 e. The standard InChI is InChI=1S/C13H10BrClO2/c1-17-13-3-2-8(6-12(13)15)9-4-10(14)7-11(16)5-9/h2-7,16H,1H3. The van der Waals surface area contributed by atoms with Crippen molar-refractivity contribution >= 4 is 27.5 Å². The Morgan fingerprint density at radius 1 is 1.12 bits per heavy atom. The molecule has 0 saturated heterocycles. The van der Waals surface area contributed by atoms with Crippen molar-refractivity contribution in [2.75, 3.05) is 7.11 Å². The van der Waals surface area contributed by atoms with Crippen LogP contribution in [0.25, 0.3) is 11.1 Å². The second kappa shape index (κ2) is 4.98. The van der Waals surface area contributed by atoms with Crippen molar-refractivity contribution in [3.05, 3.63) is 45.9 Å². The van der Waals surface area contributed by atoms with Gasteiger partial charge in [-0.3, -0.25) is 0 Å². The van der Waals surface area contributed by atoms with E-state index in [0.717, 1.165) is 15.6 Å². The normalized spacial score (nSPS) is 10.3. The molecule has 0 spiro atoms. The number of halogens is 2. The third-order valence-corrected chi connectivity index (χ3v) is 3.12. The molecule has 2 rings (SSSR count). The van der Waals surface area contributed by atoms with Crippen LogP contribution in [0, 0.1) is 0 Å². The third-order valence-electron chi connectivity index (χ3n) is 2.37. The minimum Gasteiger partial charge on any atom is -0.508 e. The molecule has 0 fully saturated rings. The summed E-state index contributed by atoms with van der Waals surface area (Å²) >= 11 is 9.40. The van der Waals surface area contributed by atoms with E-state index in [1.54, 1.807) is 25.3 Å². The molecule has 0 atom stereocenters. The summed E-state index contributed by atoms with van der Waals surface area (Å²) < 4.78 is 5.91. The Bertz CT molecular complexity index is 535. The quantitative estimate of drug-likeness (QED) is 0.885. The first-order valence-electron chi connectivity index (χ1n) is 4.93. The molecule has 2 aromatic rings. The fraction of sp³-hybridized carbons (Fsp3) is 0.0769. The van der Waals surface area contributed by atoms with Crippen molar-refractivity contribution in [3.8, 4) is 22.6 Å². The zero-order chi connectivity index (χ0) is 12.4. The van der Waals surface area contributed by atoms with Crippen molar-refractivity contribution in [3.63, 3.8) is 0 Å². The molecule has 0 aromatic heterocycles. The van der Waals surface area contributed by atoms with Gasteiger partial charge in [0, 0.05) is 4.47 Å². The predicted molar refractivity (Wildman–Crippen MR) is 72.8 cm³/mol. The third kappa shape index (κ3) is 2.73. The molecule has 2 nitrogen and oxygen atoms in total. The Morgan fingerprint density at radius 2 is 1.88 bits per heavy atom. The zero-order valence-electron chi connectivity index (χ0n) is 9.08. The van der Waals surface area contributed by atoms with Gasteiger partial charge in [0.1, 0.15) is 11.5 Å². The Labute approximate surface area is 113 Å². The lowest BCUT2D eigenvalue weighted by Gasteiger charge is -2.07. The molecule has 0 bridgehead atoms. The van der Waals surface area contributed by atoms with Gasteiger partial charge in [0.15, 0.2) is 0 Å². The molecule has 0 amide bonds. The average molecular weight is 314 g/mol. The van der Waals surface area contributed by atoms with E-state index >= 15 is 0 Å². The highest BCUT2D eigenvalue weighted by atomic mass is 79.9. The van der Waals surface area contributed by atoms with Gasteiger partial charge in [0.2, 0.25) is 0 Å². The predicted octanol–water partition coefficient (Wildman–Crippen LogP) is 4.48. The second-order valence-corrected chi connectivity index (χ2v) is 4.87. The number of aromatic hydroxyl groups is 1. The SMILES string of the molecule is COc1ccc(-c2cc(O)cc(Br)c2)cc1Cl. The summed E-state index contributed by atoms with van der Waals surface area (Å²) in [6.45, 7) is 0. The van der Waals surface area contributed by atoms with Gasteiger partial charge in [0.25, 0.3) is 0 Å². The number of methoxy groups -OCH3 is 1. The molecule has 0 aliphatic heterocycles. The number of phenolic OH excluding ortho intramolecular Hbond substituents is 1.